The quantitative estimate of drug-likeness (QED) is 0.127. The number of likely N-dealkylation sites (tertiary alicyclic amines) is 1. The molecule has 1 aliphatic heterocycles. The molecule has 4 aromatic rings. The zero-order chi connectivity index (χ0) is 35.8. The van der Waals surface area contributed by atoms with Crippen LogP contribution in [0.5, 0.6) is 0 Å². The first kappa shape index (κ1) is 35.6. The van der Waals surface area contributed by atoms with Gasteiger partial charge in [0, 0.05) is 52.0 Å². The number of aromatic carboxylic acids is 1. The van der Waals surface area contributed by atoms with E-state index in [0.717, 1.165) is 69.0 Å². The lowest BCUT2D eigenvalue weighted by Crippen LogP contribution is -2.54. The molecule has 7 rings (SSSR count). The van der Waals surface area contributed by atoms with Crippen molar-refractivity contribution in [2.45, 2.75) is 110 Å². The van der Waals surface area contributed by atoms with Gasteiger partial charge in [-0.2, -0.15) is 0 Å². The van der Waals surface area contributed by atoms with E-state index in [2.05, 4.69) is 49.9 Å². The van der Waals surface area contributed by atoms with Gasteiger partial charge in [-0.15, -0.1) is 0 Å². The highest BCUT2D eigenvalue weighted by molar-refractivity contribution is 6.76. The number of fused-ring (bicyclic) bond motifs is 2. The van der Waals surface area contributed by atoms with Gasteiger partial charge in [0.25, 0.3) is 5.91 Å². The van der Waals surface area contributed by atoms with Crippen LogP contribution in [0.4, 0.5) is 0 Å². The van der Waals surface area contributed by atoms with Gasteiger partial charge in [-0.05, 0) is 50.0 Å². The second-order valence-corrected chi connectivity index (χ2v) is 21.8. The van der Waals surface area contributed by atoms with Crippen molar-refractivity contribution in [1.82, 2.24) is 39.7 Å². The predicted octanol–water partition coefficient (Wildman–Crippen LogP) is 5.92. The highest BCUT2D eigenvalue weighted by Crippen LogP contribution is 2.40. The number of H-pyrrole nitrogens is 1. The highest BCUT2D eigenvalue weighted by atomic mass is 28.3. The summed E-state index contributed by atoms with van der Waals surface area (Å²) in [5, 5.41) is 12.4. The summed E-state index contributed by atoms with van der Waals surface area (Å²) >= 11 is 0. The van der Waals surface area contributed by atoms with Gasteiger partial charge in [-0.1, -0.05) is 40.4 Å². The van der Waals surface area contributed by atoms with Crippen molar-refractivity contribution in [1.29, 1.82) is 0 Å². The lowest BCUT2D eigenvalue weighted by atomic mass is 9.85. The van der Waals surface area contributed by atoms with Crippen LogP contribution in [0.1, 0.15) is 103 Å². The first-order valence-corrected chi connectivity index (χ1v) is 21.5. The van der Waals surface area contributed by atoms with Crippen molar-refractivity contribution in [3.05, 3.63) is 47.3 Å². The maximum absolute atomic E-state index is 13.0. The summed E-state index contributed by atoms with van der Waals surface area (Å²) in [6.07, 6.45) is 13.3. The number of ether oxygens (including phenoxy) is 1. The van der Waals surface area contributed by atoms with Crippen LogP contribution in [0, 0.1) is 5.41 Å². The number of aromatic nitrogens is 6. The average molecular weight is 703 g/mol. The molecule has 50 heavy (non-hydrogen) atoms. The van der Waals surface area contributed by atoms with E-state index < -0.39 is 20.1 Å². The average Bonchev–Trinajstić information content (AvgIpc) is 3.96. The van der Waals surface area contributed by atoms with E-state index in [1.165, 1.54) is 0 Å². The summed E-state index contributed by atoms with van der Waals surface area (Å²) in [6.45, 7) is 15.4. The third-order valence-corrected chi connectivity index (χ3v) is 11.2. The van der Waals surface area contributed by atoms with E-state index in [1.807, 2.05) is 25.7 Å². The van der Waals surface area contributed by atoms with Crippen LogP contribution < -0.4 is 5.32 Å². The van der Waals surface area contributed by atoms with Crippen LogP contribution in [0.25, 0.3) is 22.3 Å². The molecule has 2 saturated carbocycles. The number of carboxylic acids is 1. The number of carboxylic acid groups (broad SMARTS) is 1. The second kappa shape index (κ2) is 14.2. The number of nitrogens with one attached hydrogen (secondary N) is 2. The van der Waals surface area contributed by atoms with Gasteiger partial charge in [0.05, 0.1) is 29.3 Å². The Balaban J connectivity index is 0.000000175. The minimum atomic E-state index is -1.13. The molecule has 0 aromatic carbocycles. The largest absolute Gasteiger partial charge is 0.478 e. The summed E-state index contributed by atoms with van der Waals surface area (Å²) < 4.78 is 7.47. The molecule has 0 bridgehead atoms. The van der Waals surface area contributed by atoms with Gasteiger partial charge in [0.2, 0.25) is 5.91 Å². The molecule has 5 heterocycles. The molecule has 0 unspecified atom stereocenters. The molecule has 2 aliphatic carbocycles. The Morgan fingerprint density at radius 3 is 2.18 bits per heavy atom. The first-order chi connectivity index (χ1) is 23.7. The van der Waals surface area contributed by atoms with E-state index >= 15 is 0 Å². The smallest absolute Gasteiger partial charge is 0.339 e. The number of rotatable bonds is 11. The fourth-order valence-electron chi connectivity index (χ4n) is 6.07. The van der Waals surface area contributed by atoms with Crippen molar-refractivity contribution >= 4 is 48.2 Å². The Bertz CT molecular complexity index is 1880. The van der Waals surface area contributed by atoms with Gasteiger partial charge < -0.3 is 29.6 Å². The molecule has 0 radical (unpaired) electrons. The molecule has 3 fully saturated rings. The van der Waals surface area contributed by atoms with E-state index in [9.17, 15) is 19.5 Å². The van der Waals surface area contributed by atoms with Crippen molar-refractivity contribution in [2.75, 3.05) is 19.7 Å². The van der Waals surface area contributed by atoms with Crippen molar-refractivity contribution in [2.24, 2.45) is 5.41 Å². The topological polar surface area (TPSA) is 168 Å². The number of amides is 2. The second-order valence-electron chi connectivity index (χ2n) is 16.2. The summed E-state index contributed by atoms with van der Waals surface area (Å²) in [6, 6.07) is 0.503. The zero-order valence-electron chi connectivity index (χ0n) is 30.1. The Hall–Kier alpha value is -4.17. The molecule has 0 spiro atoms. The Labute approximate surface area is 293 Å². The third kappa shape index (κ3) is 8.40. The minimum Gasteiger partial charge on any atom is -0.478 e. The van der Waals surface area contributed by atoms with Crippen molar-refractivity contribution < 1.29 is 24.2 Å². The van der Waals surface area contributed by atoms with Crippen LogP contribution in [0.15, 0.2) is 24.8 Å². The van der Waals surface area contributed by atoms with E-state index in [0.29, 0.717) is 53.1 Å². The zero-order valence-corrected chi connectivity index (χ0v) is 31.1. The maximum Gasteiger partial charge on any atom is 0.339 e. The maximum atomic E-state index is 13.0. The van der Waals surface area contributed by atoms with Crippen LogP contribution in [-0.4, -0.2) is 91.1 Å². The third-order valence-electron chi connectivity index (χ3n) is 9.48. The number of aromatic amines is 1. The highest BCUT2D eigenvalue weighted by Gasteiger charge is 2.37. The standard InChI is InChI=1S/C20H27N5O2.C16H23N3O3Si/c1-20(2,3)16(19(27)25-8-4-5-9-25)24-18(26)13-10-21-17-15(13)23-14(11-22-17)12-6-7-12;1-23(2,3)7-6-22-10-19-9-12(16(20)21)14-15(19)17-8-13(18-14)11-4-5-11/h10-12,16H,4-9H2,1-3H3,(H,21,22)(H,24,26);8-9,11H,4-7,10H2,1-3H3,(H,20,21)/t16-;/m0./s1. The van der Waals surface area contributed by atoms with Gasteiger partial charge in [-0.25, -0.2) is 24.7 Å². The fraction of sp³-hybridized carbons (Fsp3) is 0.583. The lowest BCUT2D eigenvalue weighted by Gasteiger charge is -2.33. The van der Waals surface area contributed by atoms with Crippen LogP contribution >= 0.6 is 0 Å². The number of hydrogen-bond donors (Lipinski definition) is 3. The van der Waals surface area contributed by atoms with Crippen molar-refractivity contribution in [3.63, 3.8) is 0 Å². The predicted molar refractivity (Wildman–Crippen MR) is 193 cm³/mol. The summed E-state index contributed by atoms with van der Waals surface area (Å²) in [4.78, 5) is 60.4. The fourth-order valence-corrected chi connectivity index (χ4v) is 6.83. The summed E-state index contributed by atoms with van der Waals surface area (Å²) in [5.74, 6) is -0.344. The number of nitrogens with zero attached hydrogens (tertiary/aromatic N) is 6. The molecule has 3 N–H and O–H groups in total. The number of hydrogen-bond acceptors (Lipinski definition) is 8. The molecule has 2 amide bonds. The number of carbonyl (C=O) groups excluding carboxylic acids is 2. The lowest BCUT2D eigenvalue weighted by molar-refractivity contribution is -0.134. The van der Waals surface area contributed by atoms with Crippen LogP contribution in [-0.2, 0) is 16.3 Å². The van der Waals surface area contributed by atoms with Gasteiger partial charge in [0.1, 0.15) is 29.4 Å². The molecule has 3 aliphatic rings. The molecule has 4 aromatic heterocycles. The number of carbonyl (C=O) groups is 3. The molecule has 1 atom stereocenters. The van der Waals surface area contributed by atoms with Crippen molar-refractivity contribution in [3.8, 4) is 0 Å². The van der Waals surface area contributed by atoms with Gasteiger partial charge in [-0.3, -0.25) is 9.59 Å². The summed E-state index contributed by atoms with van der Waals surface area (Å²) in [7, 11) is -1.13. The Morgan fingerprint density at radius 1 is 0.980 bits per heavy atom. The Morgan fingerprint density at radius 2 is 1.60 bits per heavy atom. The summed E-state index contributed by atoms with van der Waals surface area (Å²) in [5.41, 5.74) is 4.34. The normalized spacial score (nSPS) is 17.1. The first-order valence-electron chi connectivity index (χ1n) is 17.8. The molecule has 13 nitrogen and oxygen atoms in total. The molecule has 14 heteroatoms. The van der Waals surface area contributed by atoms with E-state index in [1.54, 1.807) is 29.4 Å². The molecule has 1 saturated heterocycles. The minimum absolute atomic E-state index is 0.00190. The van der Waals surface area contributed by atoms with Crippen LogP contribution in [0.2, 0.25) is 25.7 Å². The van der Waals surface area contributed by atoms with Crippen LogP contribution in [0.3, 0.4) is 0 Å². The molecular formula is C36H50N8O5Si. The van der Waals surface area contributed by atoms with E-state index in [4.69, 9.17) is 4.74 Å². The van der Waals surface area contributed by atoms with Gasteiger partial charge >= 0.3 is 5.97 Å². The Kier molecular flexibility index (Phi) is 10.1. The molecule has 268 valence electrons. The van der Waals surface area contributed by atoms with Gasteiger partial charge in [0.15, 0.2) is 11.3 Å². The molecular weight excluding hydrogens is 653 g/mol. The SMILES string of the molecule is CC(C)(C)[C@@H](NC(=O)c1c[nH]c2ncc(C3CC3)nc12)C(=O)N1CCCC1.C[Si](C)(C)CCOCn1cc(C(=O)O)c2nc(C3CC3)cnc21. The van der Waals surface area contributed by atoms with E-state index in [-0.39, 0.29) is 22.8 Å². The monoisotopic (exact) mass is 702 g/mol.